The SMILES string of the molecule is CSc1nc(-c2ccccc2S(=O)(=O)c2ccc(C)cc2)c(C#N)c(=O)[nH]1. The quantitative estimate of drug-likeness (QED) is 0.536. The van der Waals surface area contributed by atoms with Gasteiger partial charge in [0.05, 0.1) is 15.5 Å². The first-order valence-corrected chi connectivity index (χ1v) is 10.6. The van der Waals surface area contributed by atoms with Gasteiger partial charge in [0, 0.05) is 5.56 Å². The van der Waals surface area contributed by atoms with Crippen LogP contribution in [-0.4, -0.2) is 24.6 Å². The zero-order valence-corrected chi connectivity index (χ0v) is 16.2. The molecule has 1 N–H and O–H groups in total. The molecule has 0 bridgehead atoms. The molecule has 3 rings (SSSR count). The molecule has 0 aliphatic rings. The average Bonchev–Trinajstić information content (AvgIpc) is 2.67. The molecule has 1 heterocycles. The van der Waals surface area contributed by atoms with Crippen molar-refractivity contribution in [3.63, 3.8) is 0 Å². The van der Waals surface area contributed by atoms with E-state index in [9.17, 15) is 18.5 Å². The highest BCUT2D eigenvalue weighted by Gasteiger charge is 2.24. The van der Waals surface area contributed by atoms with Crippen LogP contribution in [0.25, 0.3) is 11.3 Å². The molecule has 0 spiro atoms. The van der Waals surface area contributed by atoms with Crippen molar-refractivity contribution in [2.75, 3.05) is 6.26 Å². The Morgan fingerprint density at radius 2 is 1.78 bits per heavy atom. The number of H-pyrrole nitrogens is 1. The zero-order chi connectivity index (χ0) is 19.6. The highest BCUT2D eigenvalue weighted by atomic mass is 32.2. The summed E-state index contributed by atoms with van der Waals surface area (Å²) in [4.78, 5) is 19.1. The maximum Gasteiger partial charge on any atom is 0.270 e. The fourth-order valence-corrected chi connectivity index (χ4v) is 4.43. The predicted octanol–water partition coefficient (Wildman–Crippen LogP) is 3.17. The normalized spacial score (nSPS) is 11.1. The van der Waals surface area contributed by atoms with E-state index in [1.807, 2.05) is 13.0 Å². The molecule has 0 aliphatic carbocycles. The Bertz CT molecular complexity index is 1210. The molecule has 2 aromatic carbocycles. The molecule has 0 saturated carbocycles. The van der Waals surface area contributed by atoms with Crippen molar-refractivity contribution in [2.45, 2.75) is 21.9 Å². The molecular weight excluding hydrogens is 382 g/mol. The third-order valence-electron chi connectivity index (χ3n) is 3.97. The average molecular weight is 397 g/mol. The first-order valence-electron chi connectivity index (χ1n) is 7.88. The van der Waals surface area contributed by atoms with Crippen molar-refractivity contribution in [1.82, 2.24) is 9.97 Å². The van der Waals surface area contributed by atoms with Gasteiger partial charge in [-0.2, -0.15) is 5.26 Å². The number of aromatic nitrogens is 2. The van der Waals surface area contributed by atoms with Crippen LogP contribution < -0.4 is 5.56 Å². The molecule has 0 radical (unpaired) electrons. The lowest BCUT2D eigenvalue weighted by atomic mass is 10.1. The van der Waals surface area contributed by atoms with Crippen molar-refractivity contribution in [2.24, 2.45) is 0 Å². The maximum absolute atomic E-state index is 13.2. The maximum atomic E-state index is 13.2. The van der Waals surface area contributed by atoms with Crippen molar-refractivity contribution in [1.29, 1.82) is 5.26 Å². The molecule has 8 heteroatoms. The summed E-state index contributed by atoms with van der Waals surface area (Å²) in [6, 6.07) is 14.6. The van der Waals surface area contributed by atoms with E-state index in [0.29, 0.717) is 5.16 Å². The Kier molecular flexibility index (Phi) is 5.17. The number of hydrogen-bond acceptors (Lipinski definition) is 6. The van der Waals surface area contributed by atoms with Crippen molar-refractivity contribution < 1.29 is 8.42 Å². The largest absolute Gasteiger partial charge is 0.300 e. The van der Waals surface area contributed by atoms with Crippen LogP contribution in [0.1, 0.15) is 11.1 Å². The van der Waals surface area contributed by atoms with Gasteiger partial charge in [0.15, 0.2) is 5.16 Å². The fraction of sp³-hybridized carbons (Fsp3) is 0.105. The lowest BCUT2D eigenvalue weighted by molar-refractivity contribution is 0.596. The summed E-state index contributed by atoms with van der Waals surface area (Å²) in [6.07, 6.45) is 1.73. The van der Waals surface area contributed by atoms with Gasteiger partial charge in [0.1, 0.15) is 11.6 Å². The van der Waals surface area contributed by atoms with Gasteiger partial charge in [-0.3, -0.25) is 4.79 Å². The molecule has 0 unspecified atom stereocenters. The molecule has 0 amide bonds. The van der Waals surface area contributed by atoms with E-state index in [4.69, 9.17) is 0 Å². The Morgan fingerprint density at radius 1 is 1.11 bits per heavy atom. The van der Waals surface area contributed by atoms with Crippen LogP contribution >= 0.6 is 11.8 Å². The highest BCUT2D eigenvalue weighted by molar-refractivity contribution is 7.98. The molecule has 136 valence electrons. The number of aryl methyl sites for hydroxylation is 1. The summed E-state index contributed by atoms with van der Waals surface area (Å²) in [5.41, 5.74) is 0.386. The minimum Gasteiger partial charge on any atom is -0.300 e. The molecule has 0 saturated heterocycles. The van der Waals surface area contributed by atoms with Gasteiger partial charge in [-0.25, -0.2) is 13.4 Å². The number of thioether (sulfide) groups is 1. The number of nitrogens with one attached hydrogen (secondary N) is 1. The van der Waals surface area contributed by atoms with Gasteiger partial charge in [-0.05, 0) is 31.4 Å². The van der Waals surface area contributed by atoms with E-state index in [0.717, 1.165) is 5.56 Å². The van der Waals surface area contributed by atoms with Crippen molar-refractivity contribution in [3.05, 3.63) is 70.0 Å². The molecule has 27 heavy (non-hydrogen) atoms. The molecule has 0 atom stereocenters. The van der Waals surface area contributed by atoms with E-state index in [1.165, 1.54) is 30.0 Å². The monoisotopic (exact) mass is 397 g/mol. The van der Waals surface area contributed by atoms with Crippen molar-refractivity contribution >= 4 is 21.6 Å². The smallest absolute Gasteiger partial charge is 0.270 e. The predicted molar refractivity (Wildman–Crippen MR) is 103 cm³/mol. The van der Waals surface area contributed by atoms with E-state index in [2.05, 4.69) is 9.97 Å². The molecule has 6 nitrogen and oxygen atoms in total. The topological polar surface area (TPSA) is 104 Å². The fourth-order valence-electron chi connectivity index (χ4n) is 2.59. The number of aromatic amines is 1. The second-order valence-corrected chi connectivity index (χ2v) is 8.44. The van der Waals surface area contributed by atoms with Gasteiger partial charge >= 0.3 is 0 Å². The Hall–Kier alpha value is -2.89. The first kappa shape index (κ1) is 18.9. The van der Waals surface area contributed by atoms with Gasteiger partial charge in [-0.1, -0.05) is 47.7 Å². The summed E-state index contributed by atoms with van der Waals surface area (Å²) in [5, 5.41) is 9.70. The Labute approximate surface area is 160 Å². The summed E-state index contributed by atoms with van der Waals surface area (Å²) in [7, 11) is -3.86. The van der Waals surface area contributed by atoms with E-state index in [1.54, 1.807) is 36.6 Å². The molecule has 0 aliphatic heterocycles. The van der Waals surface area contributed by atoms with E-state index in [-0.39, 0.29) is 26.6 Å². The minimum atomic E-state index is -3.86. The van der Waals surface area contributed by atoms with Gasteiger partial charge in [0.2, 0.25) is 9.84 Å². The molecule has 0 fully saturated rings. The molecule has 3 aromatic rings. The van der Waals surface area contributed by atoms with Crippen LogP contribution in [0, 0.1) is 18.3 Å². The van der Waals surface area contributed by atoms with Crippen LogP contribution in [0.3, 0.4) is 0 Å². The van der Waals surface area contributed by atoms with E-state index < -0.39 is 15.4 Å². The summed E-state index contributed by atoms with van der Waals surface area (Å²) >= 11 is 1.20. The number of hydrogen-bond donors (Lipinski definition) is 1. The lowest BCUT2D eigenvalue weighted by Crippen LogP contribution is -2.15. The van der Waals surface area contributed by atoms with Gasteiger partial charge in [-0.15, -0.1) is 0 Å². The number of nitriles is 1. The number of rotatable bonds is 4. The number of nitrogens with zero attached hydrogens (tertiary/aromatic N) is 2. The highest BCUT2D eigenvalue weighted by Crippen LogP contribution is 2.32. The standard InChI is InChI=1S/C19H15N3O3S2/c1-12-7-9-13(10-8-12)27(24,25)16-6-4-3-5-14(16)17-15(11-20)18(23)22-19(21-17)26-2/h3-10H,1-2H3,(H,21,22,23). The second-order valence-electron chi connectivity index (χ2n) is 5.72. The summed E-state index contributed by atoms with van der Waals surface area (Å²) in [6.45, 7) is 1.87. The minimum absolute atomic E-state index is 0.00416. The van der Waals surface area contributed by atoms with Gasteiger partial charge < -0.3 is 4.98 Å². The Morgan fingerprint density at radius 3 is 2.41 bits per heavy atom. The van der Waals surface area contributed by atoms with Crippen molar-refractivity contribution in [3.8, 4) is 17.3 Å². The number of sulfone groups is 1. The summed E-state index contributed by atoms with van der Waals surface area (Å²) < 4.78 is 26.4. The van der Waals surface area contributed by atoms with Crippen LogP contribution in [0.5, 0.6) is 0 Å². The third kappa shape index (κ3) is 3.52. The van der Waals surface area contributed by atoms with E-state index >= 15 is 0 Å². The van der Waals surface area contributed by atoms with Gasteiger partial charge in [0.25, 0.3) is 5.56 Å². The Balaban J connectivity index is 2.31. The zero-order valence-electron chi connectivity index (χ0n) is 14.6. The number of benzene rings is 2. The van der Waals surface area contributed by atoms with Crippen LogP contribution in [-0.2, 0) is 9.84 Å². The van der Waals surface area contributed by atoms with Crippen LogP contribution in [0.2, 0.25) is 0 Å². The third-order valence-corrected chi connectivity index (χ3v) is 6.37. The van der Waals surface area contributed by atoms with Crippen LogP contribution in [0.15, 0.2) is 68.3 Å². The first-order chi connectivity index (χ1) is 12.9. The lowest BCUT2D eigenvalue weighted by Gasteiger charge is -2.12. The van der Waals surface area contributed by atoms with Crippen LogP contribution in [0.4, 0.5) is 0 Å². The second kappa shape index (κ2) is 7.39. The summed E-state index contributed by atoms with van der Waals surface area (Å²) in [5.74, 6) is 0. The molecule has 1 aromatic heterocycles. The molecular formula is C19H15N3O3S2.